The van der Waals surface area contributed by atoms with E-state index >= 15 is 0 Å². The average Bonchev–Trinajstić information content (AvgIpc) is 3.04. The number of carbonyl (C=O) groups excluding carboxylic acids is 1. The number of aromatic nitrogens is 2. The zero-order valence-corrected chi connectivity index (χ0v) is 15.1. The van der Waals surface area contributed by atoms with Gasteiger partial charge in [0.2, 0.25) is 15.9 Å². The Balaban J connectivity index is 1.93. The second kappa shape index (κ2) is 7.00. The van der Waals surface area contributed by atoms with Crippen molar-refractivity contribution in [1.82, 2.24) is 19.4 Å². The number of carbonyl (C=O) groups is 1. The van der Waals surface area contributed by atoms with Gasteiger partial charge in [-0.3, -0.25) is 9.48 Å². The van der Waals surface area contributed by atoms with Crippen molar-refractivity contribution in [1.29, 1.82) is 0 Å². The van der Waals surface area contributed by atoms with E-state index in [0.717, 1.165) is 30.5 Å². The molecule has 130 valence electrons. The summed E-state index contributed by atoms with van der Waals surface area (Å²) in [6.45, 7) is 7.58. The predicted octanol–water partition coefficient (Wildman–Crippen LogP) is 0.603. The number of rotatable bonds is 6. The standard InChI is InChI=1S/C15H26N4O3S/c1-5-13-11(2)17-18(12(13)3)10-8-16-15(20)14-7-6-9-19(14)23(4,21)22/h14H,5-10H2,1-4H3,(H,16,20)/t14-/m0/s1. The van der Waals surface area contributed by atoms with Crippen LogP contribution in [0.15, 0.2) is 0 Å². The topological polar surface area (TPSA) is 84.3 Å². The van der Waals surface area contributed by atoms with Gasteiger partial charge in [0.25, 0.3) is 0 Å². The molecule has 1 N–H and O–H groups in total. The third-order valence-corrected chi connectivity index (χ3v) is 5.73. The molecule has 8 heteroatoms. The fraction of sp³-hybridized carbons (Fsp3) is 0.733. The molecule has 1 aromatic heterocycles. The van der Waals surface area contributed by atoms with Crippen molar-refractivity contribution >= 4 is 15.9 Å². The summed E-state index contributed by atoms with van der Waals surface area (Å²) in [5.41, 5.74) is 3.39. The van der Waals surface area contributed by atoms with Crippen molar-refractivity contribution in [3.63, 3.8) is 0 Å². The lowest BCUT2D eigenvalue weighted by atomic mass is 10.1. The summed E-state index contributed by atoms with van der Waals surface area (Å²) >= 11 is 0. The number of nitrogens with zero attached hydrogens (tertiary/aromatic N) is 3. The number of hydrogen-bond donors (Lipinski definition) is 1. The molecule has 7 nitrogen and oxygen atoms in total. The van der Waals surface area contributed by atoms with Gasteiger partial charge in [-0.2, -0.15) is 9.40 Å². The lowest BCUT2D eigenvalue weighted by Gasteiger charge is -2.21. The summed E-state index contributed by atoms with van der Waals surface area (Å²) in [5.74, 6) is -0.217. The van der Waals surface area contributed by atoms with Crippen molar-refractivity contribution in [3.8, 4) is 0 Å². The van der Waals surface area contributed by atoms with Crippen LogP contribution in [0.2, 0.25) is 0 Å². The van der Waals surface area contributed by atoms with Crippen LogP contribution >= 0.6 is 0 Å². The van der Waals surface area contributed by atoms with Gasteiger partial charge < -0.3 is 5.32 Å². The van der Waals surface area contributed by atoms with Crippen LogP contribution in [-0.2, 0) is 27.8 Å². The fourth-order valence-corrected chi connectivity index (χ4v) is 4.39. The van der Waals surface area contributed by atoms with Crippen LogP contribution in [0, 0.1) is 13.8 Å². The van der Waals surface area contributed by atoms with Crippen molar-refractivity contribution < 1.29 is 13.2 Å². The first-order valence-electron chi connectivity index (χ1n) is 8.03. The van der Waals surface area contributed by atoms with Gasteiger partial charge in [0.05, 0.1) is 18.5 Å². The smallest absolute Gasteiger partial charge is 0.238 e. The van der Waals surface area contributed by atoms with E-state index in [-0.39, 0.29) is 5.91 Å². The summed E-state index contributed by atoms with van der Waals surface area (Å²) in [6.07, 6.45) is 3.40. The van der Waals surface area contributed by atoms with E-state index in [1.54, 1.807) is 0 Å². The number of aryl methyl sites for hydroxylation is 1. The molecule has 1 aliphatic rings. The molecule has 0 bridgehead atoms. The van der Waals surface area contributed by atoms with Crippen LogP contribution in [0.3, 0.4) is 0 Å². The van der Waals surface area contributed by atoms with Crippen LogP contribution in [0.1, 0.15) is 36.7 Å². The summed E-state index contributed by atoms with van der Waals surface area (Å²) in [6, 6.07) is -0.573. The Morgan fingerprint density at radius 2 is 2.09 bits per heavy atom. The van der Waals surface area contributed by atoms with E-state index < -0.39 is 16.1 Å². The Kier molecular flexibility index (Phi) is 5.46. The first-order valence-corrected chi connectivity index (χ1v) is 9.88. The van der Waals surface area contributed by atoms with E-state index in [9.17, 15) is 13.2 Å². The number of amides is 1. The minimum Gasteiger partial charge on any atom is -0.353 e. The van der Waals surface area contributed by atoms with Crippen LogP contribution in [0.5, 0.6) is 0 Å². The molecule has 1 saturated heterocycles. The summed E-state index contributed by atoms with van der Waals surface area (Å²) in [7, 11) is -3.33. The van der Waals surface area contributed by atoms with Crippen molar-refractivity contribution in [3.05, 3.63) is 17.0 Å². The van der Waals surface area contributed by atoms with Gasteiger partial charge in [0.1, 0.15) is 6.04 Å². The molecular formula is C15H26N4O3S. The SMILES string of the molecule is CCc1c(C)nn(CCNC(=O)[C@@H]2CCCN2S(C)(=O)=O)c1C. The zero-order valence-electron chi connectivity index (χ0n) is 14.3. The Labute approximate surface area is 138 Å². The van der Waals surface area contributed by atoms with Crippen LogP contribution < -0.4 is 5.32 Å². The normalized spacial score (nSPS) is 19.2. The highest BCUT2D eigenvalue weighted by atomic mass is 32.2. The maximum Gasteiger partial charge on any atom is 0.238 e. The second-order valence-electron chi connectivity index (χ2n) is 6.05. The Bertz CT molecular complexity index is 681. The van der Waals surface area contributed by atoms with Gasteiger partial charge in [0, 0.05) is 18.8 Å². The Morgan fingerprint density at radius 1 is 1.39 bits per heavy atom. The molecule has 23 heavy (non-hydrogen) atoms. The molecule has 0 unspecified atom stereocenters. The molecule has 1 fully saturated rings. The maximum absolute atomic E-state index is 12.3. The number of nitrogens with one attached hydrogen (secondary N) is 1. The molecular weight excluding hydrogens is 316 g/mol. The molecule has 1 amide bonds. The van der Waals surface area contributed by atoms with Crippen LogP contribution in [-0.4, -0.2) is 53.8 Å². The lowest BCUT2D eigenvalue weighted by molar-refractivity contribution is -0.124. The molecule has 1 atom stereocenters. The van der Waals surface area contributed by atoms with Gasteiger partial charge in [-0.15, -0.1) is 0 Å². The zero-order chi connectivity index (χ0) is 17.2. The largest absolute Gasteiger partial charge is 0.353 e. The third kappa shape index (κ3) is 3.92. The molecule has 0 radical (unpaired) electrons. The third-order valence-electron chi connectivity index (χ3n) is 4.44. The first kappa shape index (κ1) is 17.9. The van der Waals surface area contributed by atoms with Gasteiger partial charge in [-0.05, 0) is 38.7 Å². The van der Waals surface area contributed by atoms with Gasteiger partial charge in [-0.1, -0.05) is 6.92 Å². The molecule has 1 aliphatic heterocycles. The lowest BCUT2D eigenvalue weighted by Crippen LogP contribution is -2.46. The Hall–Kier alpha value is -1.41. The quantitative estimate of drug-likeness (QED) is 0.820. The predicted molar refractivity (Wildman–Crippen MR) is 88.7 cm³/mol. The van der Waals surface area contributed by atoms with Gasteiger partial charge in [0.15, 0.2) is 0 Å². The van der Waals surface area contributed by atoms with Gasteiger partial charge in [-0.25, -0.2) is 8.42 Å². The summed E-state index contributed by atoms with van der Waals surface area (Å²) in [4.78, 5) is 12.3. The minimum atomic E-state index is -3.33. The molecule has 0 aromatic carbocycles. The van der Waals surface area contributed by atoms with Crippen LogP contribution in [0.4, 0.5) is 0 Å². The summed E-state index contributed by atoms with van der Waals surface area (Å²) < 4.78 is 26.6. The molecule has 1 aromatic rings. The van der Waals surface area contributed by atoms with Crippen molar-refractivity contribution in [2.24, 2.45) is 0 Å². The van der Waals surface area contributed by atoms with Crippen LogP contribution in [0.25, 0.3) is 0 Å². The molecule has 0 saturated carbocycles. The molecule has 0 spiro atoms. The van der Waals surface area contributed by atoms with E-state index in [1.165, 1.54) is 9.87 Å². The number of hydrogen-bond acceptors (Lipinski definition) is 4. The monoisotopic (exact) mass is 342 g/mol. The highest BCUT2D eigenvalue weighted by Gasteiger charge is 2.36. The Morgan fingerprint density at radius 3 is 2.65 bits per heavy atom. The van der Waals surface area contributed by atoms with Crippen molar-refractivity contribution in [2.75, 3.05) is 19.3 Å². The van der Waals surface area contributed by atoms with Gasteiger partial charge >= 0.3 is 0 Å². The number of sulfonamides is 1. The fourth-order valence-electron chi connectivity index (χ4n) is 3.27. The highest BCUT2D eigenvalue weighted by molar-refractivity contribution is 7.88. The molecule has 2 rings (SSSR count). The highest BCUT2D eigenvalue weighted by Crippen LogP contribution is 2.20. The molecule has 0 aliphatic carbocycles. The van der Waals surface area contributed by atoms with E-state index in [4.69, 9.17) is 0 Å². The first-order chi connectivity index (χ1) is 10.8. The van der Waals surface area contributed by atoms with E-state index in [0.29, 0.717) is 26.1 Å². The maximum atomic E-state index is 12.3. The van der Waals surface area contributed by atoms with E-state index in [1.807, 2.05) is 18.5 Å². The van der Waals surface area contributed by atoms with E-state index in [2.05, 4.69) is 17.3 Å². The minimum absolute atomic E-state index is 0.217. The average molecular weight is 342 g/mol. The summed E-state index contributed by atoms with van der Waals surface area (Å²) in [5, 5.41) is 7.33. The molecule has 2 heterocycles. The second-order valence-corrected chi connectivity index (χ2v) is 7.98. The van der Waals surface area contributed by atoms with Crippen molar-refractivity contribution in [2.45, 2.75) is 52.6 Å².